The van der Waals surface area contributed by atoms with Gasteiger partial charge in [0.05, 0.1) is 25.0 Å². The summed E-state index contributed by atoms with van der Waals surface area (Å²) in [4.78, 5) is 0. The van der Waals surface area contributed by atoms with E-state index < -0.39 is 0 Å². The van der Waals surface area contributed by atoms with E-state index in [1.54, 1.807) is 6.20 Å². The summed E-state index contributed by atoms with van der Waals surface area (Å²) in [6.07, 6.45) is 4.94. The zero-order chi connectivity index (χ0) is 12.7. The SMILES string of the molecule is CCCNCC(C(C)C)n1cc(OCC)cn1. The molecule has 0 saturated heterocycles. The fourth-order valence-corrected chi connectivity index (χ4v) is 1.80. The minimum absolute atomic E-state index is 0.385. The minimum Gasteiger partial charge on any atom is -0.491 e. The quantitative estimate of drug-likeness (QED) is 0.708. The Morgan fingerprint density at radius 3 is 2.76 bits per heavy atom. The van der Waals surface area contributed by atoms with Gasteiger partial charge in [-0.25, -0.2) is 0 Å². The Labute approximate surface area is 104 Å². The highest BCUT2D eigenvalue weighted by molar-refractivity contribution is 5.12. The van der Waals surface area contributed by atoms with Crippen molar-refractivity contribution < 1.29 is 4.74 Å². The molecule has 1 aromatic rings. The summed E-state index contributed by atoms with van der Waals surface area (Å²) in [6.45, 7) is 11.3. The third kappa shape index (κ3) is 4.38. The molecule has 0 aliphatic heterocycles. The van der Waals surface area contributed by atoms with E-state index in [-0.39, 0.29) is 0 Å². The normalized spacial score (nSPS) is 13.0. The molecule has 4 heteroatoms. The number of hydrogen-bond donors (Lipinski definition) is 1. The maximum absolute atomic E-state index is 5.44. The molecule has 1 aromatic heterocycles. The molecule has 1 unspecified atom stereocenters. The van der Waals surface area contributed by atoms with E-state index in [9.17, 15) is 0 Å². The average molecular weight is 239 g/mol. The molecular weight excluding hydrogens is 214 g/mol. The second kappa shape index (κ2) is 7.33. The number of nitrogens with zero attached hydrogens (tertiary/aromatic N) is 2. The first-order valence-corrected chi connectivity index (χ1v) is 6.56. The molecule has 0 aliphatic rings. The smallest absolute Gasteiger partial charge is 0.157 e. The highest BCUT2D eigenvalue weighted by Gasteiger charge is 2.16. The fraction of sp³-hybridized carbons (Fsp3) is 0.769. The molecule has 1 N–H and O–H groups in total. The summed E-state index contributed by atoms with van der Waals surface area (Å²) in [7, 11) is 0. The van der Waals surface area contributed by atoms with Gasteiger partial charge in [-0.05, 0) is 25.8 Å². The second-order valence-corrected chi connectivity index (χ2v) is 4.60. The van der Waals surface area contributed by atoms with Crippen LogP contribution in [-0.2, 0) is 0 Å². The standard InChI is InChI=1S/C13H25N3O/c1-5-7-14-9-13(11(3)4)16-10-12(8-15-16)17-6-2/h8,10-11,13-14H,5-7,9H2,1-4H3. The van der Waals surface area contributed by atoms with E-state index in [0.717, 1.165) is 25.3 Å². The Kier molecular flexibility index (Phi) is 6.05. The van der Waals surface area contributed by atoms with Crippen molar-refractivity contribution in [3.63, 3.8) is 0 Å². The third-order valence-corrected chi connectivity index (χ3v) is 2.78. The molecular formula is C13H25N3O. The van der Waals surface area contributed by atoms with Crippen LogP contribution in [0.5, 0.6) is 5.75 Å². The topological polar surface area (TPSA) is 39.1 Å². The largest absolute Gasteiger partial charge is 0.491 e. The van der Waals surface area contributed by atoms with Crippen molar-refractivity contribution in [1.82, 2.24) is 15.1 Å². The first kappa shape index (κ1) is 14.0. The maximum atomic E-state index is 5.44. The van der Waals surface area contributed by atoms with Crippen LogP contribution in [-0.4, -0.2) is 29.5 Å². The molecule has 0 radical (unpaired) electrons. The average Bonchev–Trinajstić information content (AvgIpc) is 2.73. The van der Waals surface area contributed by atoms with Gasteiger partial charge in [0.25, 0.3) is 0 Å². The number of rotatable bonds is 8. The molecule has 0 aromatic carbocycles. The van der Waals surface area contributed by atoms with E-state index >= 15 is 0 Å². The summed E-state index contributed by atoms with van der Waals surface area (Å²) in [5.41, 5.74) is 0. The monoisotopic (exact) mass is 239 g/mol. The molecule has 1 rings (SSSR count). The van der Waals surface area contributed by atoms with Gasteiger partial charge in [0, 0.05) is 6.54 Å². The van der Waals surface area contributed by atoms with Crippen molar-refractivity contribution in [3.8, 4) is 5.75 Å². The molecule has 0 amide bonds. The van der Waals surface area contributed by atoms with E-state index in [2.05, 4.69) is 31.2 Å². The molecule has 0 saturated carbocycles. The first-order chi connectivity index (χ1) is 8.19. The van der Waals surface area contributed by atoms with Gasteiger partial charge in [-0.3, -0.25) is 4.68 Å². The zero-order valence-electron chi connectivity index (χ0n) is 11.4. The van der Waals surface area contributed by atoms with E-state index in [1.165, 1.54) is 0 Å². The number of nitrogens with one attached hydrogen (secondary N) is 1. The van der Waals surface area contributed by atoms with Gasteiger partial charge >= 0.3 is 0 Å². The van der Waals surface area contributed by atoms with Gasteiger partial charge < -0.3 is 10.1 Å². The molecule has 0 spiro atoms. The molecule has 0 bridgehead atoms. The predicted octanol–water partition coefficient (Wildman–Crippen LogP) is 2.48. The van der Waals surface area contributed by atoms with Crippen LogP contribution in [0.1, 0.15) is 40.2 Å². The Hall–Kier alpha value is -1.03. The van der Waals surface area contributed by atoms with Crippen LogP contribution >= 0.6 is 0 Å². The second-order valence-electron chi connectivity index (χ2n) is 4.60. The summed E-state index contributed by atoms with van der Waals surface area (Å²) >= 11 is 0. The summed E-state index contributed by atoms with van der Waals surface area (Å²) in [5, 5.41) is 7.84. The lowest BCUT2D eigenvalue weighted by molar-refractivity contribution is 0.322. The Balaban J connectivity index is 2.61. The third-order valence-electron chi connectivity index (χ3n) is 2.78. The summed E-state index contributed by atoms with van der Waals surface area (Å²) in [6, 6.07) is 0.385. The summed E-state index contributed by atoms with van der Waals surface area (Å²) < 4.78 is 7.45. The molecule has 0 fully saturated rings. The van der Waals surface area contributed by atoms with Gasteiger partial charge in [-0.2, -0.15) is 5.10 Å². The van der Waals surface area contributed by atoms with Crippen molar-refractivity contribution in [1.29, 1.82) is 0 Å². The van der Waals surface area contributed by atoms with Crippen molar-refractivity contribution in [2.45, 2.75) is 40.2 Å². The Morgan fingerprint density at radius 2 is 2.18 bits per heavy atom. The number of hydrogen-bond acceptors (Lipinski definition) is 3. The van der Waals surface area contributed by atoms with Crippen molar-refractivity contribution in [2.75, 3.05) is 19.7 Å². The van der Waals surface area contributed by atoms with Crippen LogP contribution in [0.25, 0.3) is 0 Å². The molecule has 1 heterocycles. The van der Waals surface area contributed by atoms with Crippen LogP contribution in [0.4, 0.5) is 0 Å². The highest BCUT2D eigenvalue weighted by Crippen LogP contribution is 2.19. The van der Waals surface area contributed by atoms with Crippen LogP contribution in [0, 0.1) is 5.92 Å². The lowest BCUT2D eigenvalue weighted by Gasteiger charge is -2.21. The number of ether oxygens (including phenoxy) is 1. The van der Waals surface area contributed by atoms with Crippen LogP contribution < -0.4 is 10.1 Å². The molecule has 17 heavy (non-hydrogen) atoms. The van der Waals surface area contributed by atoms with Gasteiger partial charge in [-0.1, -0.05) is 20.8 Å². The number of aromatic nitrogens is 2. The van der Waals surface area contributed by atoms with Crippen LogP contribution in [0.2, 0.25) is 0 Å². The van der Waals surface area contributed by atoms with E-state index in [1.807, 2.05) is 17.8 Å². The summed E-state index contributed by atoms with van der Waals surface area (Å²) in [5.74, 6) is 1.40. The lowest BCUT2D eigenvalue weighted by atomic mass is 10.0. The Morgan fingerprint density at radius 1 is 1.41 bits per heavy atom. The lowest BCUT2D eigenvalue weighted by Crippen LogP contribution is -2.29. The van der Waals surface area contributed by atoms with E-state index in [0.29, 0.717) is 18.6 Å². The predicted molar refractivity (Wildman–Crippen MR) is 70.4 cm³/mol. The van der Waals surface area contributed by atoms with Gasteiger partial charge in [-0.15, -0.1) is 0 Å². The fourth-order valence-electron chi connectivity index (χ4n) is 1.80. The van der Waals surface area contributed by atoms with Crippen molar-refractivity contribution >= 4 is 0 Å². The molecule has 98 valence electrons. The molecule has 1 atom stereocenters. The van der Waals surface area contributed by atoms with Crippen molar-refractivity contribution in [3.05, 3.63) is 12.4 Å². The molecule has 4 nitrogen and oxygen atoms in total. The zero-order valence-corrected chi connectivity index (χ0v) is 11.4. The van der Waals surface area contributed by atoms with Crippen molar-refractivity contribution in [2.24, 2.45) is 5.92 Å². The maximum Gasteiger partial charge on any atom is 0.157 e. The van der Waals surface area contributed by atoms with Gasteiger partial charge in [0.15, 0.2) is 5.75 Å². The van der Waals surface area contributed by atoms with E-state index in [4.69, 9.17) is 4.74 Å². The van der Waals surface area contributed by atoms with Crippen LogP contribution in [0.15, 0.2) is 12.4 Å². The Bertz CT molecular complexity index is 309. The van der Waals surface area contributed by atoms with Gasteiger partial charge in [0.1, 0.15) is 0 Å². The highest BCUT2D eigenvalue weighted by atomic mass is 16.5. The first-order valence-electron chi connectivity index (χ1n) is 6.56. The minimum atomic E-state index is 0.385. The van der Waals surface area contributed by atoms with Crippen LogP contribution in [0.3, 0.4) is 0 Å². The van der Waals surface area contributed by atoms with Gasteiger partial charge in [0.2, 0.25) is 0 Å². The molecule has 0 aliphatic carbocycles.